The summed E-state index contributed by atoms with van der Waals surface area (Å²) in [6.45, 7) is 0.682. The fourth-order valence-corrected chi connectivity index (χ4v) is 1.87. The van der Waals surface area contributed by atoms with Gasteiger partial charge in [-0.2, -0.15) is 0 Å². The van der Waals surface area contributed by atoms with Gasteiger partial charge in [-0.15, -0.1) is 11.6 Å². The van der Waals surface area contributed by atoms with Crippen molar-refractivity contribution in [1.29, 1.82) is 5.41 Å². The molecule has 1 heterocycles. The molecule has 0 aliphatic heterocycles. The standard InChI is InChI=1S/C10H12ClN3/c1-13-8-4-2-3-5-9(8)14(7-6-11)10(13)12/h2-5,12H,6-7H2,1H3. The number of halogens is 1. The molecule has 3 nitrogen and oxygen atoms in total. The van der Waals surface area contributed by atoms with Gasteiger partial charge in [0.1, 0.15) is 0 Å². The Bertz CT molecular complexity index is 510. The molecule has 0 fully saturated rings. The maximum Gasteiger partial charge on any atom is 0.202 e. The summed E-state index contributed by atoms with van der Waals surface area (Å²) in [6, 6.07) is 7.98. The average molecular weight is 210 g/mol. The van der Waals surface area contributed by atoms with Crippen LogP contribution in [0.4, 0.5) is 0 Å². The van der Waals surface area contributed by atoms with E-state index < -0.39 is 0 Å². The number of hydrogen-bond acceptors (Lipinski definition) is 1. The first kappa shape index (κ1) is 9.34. The van der Waals surface area contributed by atoms with Crippen LogP contribution in [0.15, 0.2) is 24.3 Å². The van der Waals surface area contributed by atoms with Crippen molar-refractivity contribution in [1.82, 2.24) is 9.13 Å². The number of aromatic nitrogens is 2. The van der Waals surface area contributed by atoms with Gasteiger partial charge in [-0.1, -0.05) is 12.1 Å². The Labute approximate surface area is 87.0 Å². The third-order valence-corrected chi connectivity index (χ3v) is 2.58. The van der Waals surface area contributed by atoms with Crippen LogP contribution in [-0.4, -0.2) is 15.0 Å². The molecule has 0 atom stereocenters. The van der Waals surface area contributed by atoms with E-state index in [-0.39, 0.29) is 0 Å². The average Bonchev–Trinajstić information content (AvgIpc) is 2.45. The zero-order chi connectivity index (χ0) is 10.1. The van der Waals surface area contributed by atoms with Gasteiger partial charge in [-0.05, 0) is 12.1 Å². The topological polar surface area (TPSA) is 33.7 Å². The normalized spacial score (nSPS) is 11.0. The Balaban J connectivity index is 2.81. The molecule has 0 unspecified atom stereocenters. The summed E-state index contributed by atoms with van der Waals surface area (Å²) in [7, 11) is 1.90. The number of aryl methyl sites for hydroxylation is 2. The monoisotopic (exact) mass is 209 g/mol. The Morgan fingerprint density at radius 1 is 1.29 bits per heavy atom. The highest BCUT2D eigenvalue weighted by atomic mass is 35.5. The molecule has 0 spiro atoms. The Kier molecular flexibility index (Phi) is 2.33. The van der Waals surface area contributed by atoms with Crippen LogP contribution < -0.4 is 5.62 Å². The highest BCUT2D eigenvalue weighted by molar-refractivity contribution is 6.17. The van der Waals surface area contributed by atoms with Gasteiger partial charge in [0.15, 0.2) is 0 Å². The van der Waals surface area contributed by atoms with Gasteiger partial charge in [-0.25, -0.2) is 0 Å². The zero-order valence-corrected chi connectivity index (χ0v) is 8.75. The van der Waals surface area contributed by atoms with Gasteiger partial charge in [-0.3, -0.25) is 5.41 Å². The van der Waals surface area contributed by atoms with Crippen molar-refractivity contribution >= 4 is 22.6 Å². The van der Waals surface area contributed by atoms with Crippen molar-refractivity contribution in [2.45, 2.75) is 6.54 Å². The van der Waals surface area contributed by atoms with Crippen LogP contribution in [0.5, 0.6) is 0 Å². The predicted molar refractivity (Wildman–Crippen MR) is 57.5 cm³/mol. The van der Waals surface area contributed by atoms with Crippen LogP contribution in [-0.2, 0) is 13.6 Å². The molecule has 0 aliphatic rings. The van der Waals surface area contributed by atoms with Crippen molar-refractivity contribution < 1.29 is 0 Å². The highest BCUT2D eigenvalue weighted by Crippen LogP contribution is 2.10. The first-order valence-electron chi connectivity index (χ1n) is 4.50. The number of hydrogen-bond donors (Lipinski definition) is 1. The van der Waals surface area contributed by atoms with Gasteiger partial charge in [0.25, 0.3) is 0 Å². The van der Waals surface area contributed by atoms with E-state index in [0.717, 1.165) is 11.0 Å². The summed E-state index contributed by atoms with van der Waals surface area (Å²) in [6.07, 6.45) is 0. The fourth-order valence-electron chi connectivity index (χ4n) is 1.70. The van der Waals surface area contributed by atoms with Gasteiger partial charge >= 0.3 is 0 Å². The number of benzene rings is 1. The lowest BCUT2D eigenvalue weighted by molar-refractivity contribution is 0.679. The van der Waals surface area contributed by atoms with Gasteiger partial charge in [0.2, 0.25) is 5.62 Å². The molecular formula is C10H12ClN3. The molecule has 0 bridgehead atoms. The van der Waals surface area contributed by atoms with Crippen LogP contribution >= 0.6 is 11.6 Å². The quantitative estimate of drug-likeness (QED) is 0.731. The van der Waals surface area contributed by atoms with E-state index in [1.54, 1.807) is 0 Å². The van der Waals surface area contributed by atoms with Gasteiger partial charge in [0.05, 0.1) is 11.0 Å². The van der Waals surface area contributed by atoms with Crippen molar-refractivity contribution in [2.24, 2.45) is 7.05 Å². The second-order valence-electron chi connectivity index (χ2n) is 3.21. The SMILES string of the molecule is Cn1c(=N)n(CCCl)c2ccccc21. The lowest BCUT2D eigenvalue weighted by atomic mass is 10.3. The molecule has 1 aromatic carbocycles. The summed E-state index contributed by atoms with van der Waals surface area (Å²) in [5.74, 6) is 0.532. The number of fused-ring (bicyclic) bond motifs is 1. The first-order chi connectivity index (χ1) is 6.75. The molecule has 0 saturated heterocycles. The number of nitrogens with zero attached hydrogens (tertiary/aromatic N) is 2. The molecule has 2 rings (SSSR count). The number of para-hydroxylation sites is 2. The Morgan fingerprint density at radius 3 is 2.57 bits per heavy atom. The van der Waals surface area contributed by atoms with E-state index in [1.165, 1.54) is 0 Å². The fraction of sp³-hybridized carbons (Fsp3) is 0.300. The van der Waals surface area contributed by atoms with Crippen LogP contribution in [0.1, 0.15) is 0 Å². The second kappa shape index (κ2) is 3.50. The van der Waals surface area contributed by atoms with Crippen molar-refractivity contribution in [3.63, 3.8) is 0 Å². The van der Waals surface area contributed by atoms with E-state index in [4.69, 9.17) is 17.0 Å². The second-order valence-corrected chi connectivity index (χ2v) is 3.59. The van der Waals surface area contributed by atoms with E-state index in [9.17, 15) is 0 Å². The van der Waals surface area contributed by atoms with Crippen molar-refractivity contribution in [3.05, 3.63) is 29.9 Å². The van der Waals surface area contributed by atoms with Crippen molar-refractivity contribution in [2.75, 3.05) is 5.88 Å². The smallest absolute Gasteiger partial charge is 0.202 e. The summed E-state index contributed by atoms with van der Waals surface area (Å²) in [4.78, 5) is 0. The van der Waals surface area contributed by atoms with Gasteiger partial charge in [0, 0.05) is 19.5 Å². The molecule has 4 heteroatoms. The minimum absolute atomic E-state index is 0.492. The van der Waals surface area contributed by atoms with E-state index in [0.29, 0.717) is 18.0 Å². The number of alkyl halides is 1. The highest BCUT2D eigenvalue weighted by Gasteiger charge is 2.05. The summed E-state index contributed by atoms with van der Waals surface area (Å²) in [5.41, 5.74) is 2.63. The van der Waals surface area contributed by atoms with Crippen LogP contribution in [0.3, 0.4) is 0 Å². The number of imidazole rings is 1. The summed E-state index contributed by atoms with van der Waals surface area (Å²) >= 11 is 5.70. The minimum atomic E-state index is 0.492. The van der Waals surface area contributed by atoms with E-state index in [2.05, 4.69) is 0 Å². The van der Waals surface area contributed by atoms with Crippen LogP contribution in [0, 0.1) is 5.41 Å². The van der Waals surface area contributed by atoms with E-state index >= 15 is 0 Å². The third kappa shape index (κ3) is 1.24. The molecule has 1 aromatic heterocycles. The number of rotatable bonds is 2. The third-order valence-electron chi connectivity index (χ3n) is 2.42. The minimum Gasteiger partial charge on any atom is -0.313 e. The molecule has 0 radical (unpaired) electrons. The largest absolute Gasteiger partial charge is 0.313 e. The molecule has 0 saturated carbocycles. The predicted octanol–water partition coefficient (Wildman–Crippen LogP) is 1.70. The van der Waals surface area contributed by atoms with Gasteiger partial charge < -0.3 is 9.13 Å². The molecule has 2 aromatic rings. The lowest BCUT2D eigenvalue weighted by Crippen LogP contribution is -2.23. The molecule has 0 aliphatic carbocycles. The van der Waals surface area contributed by atoms with E-state index in [1.807, 2.05) is 40.4 Å². The molecule has 74 valence electrons. The first-order valence-corrected chi connectivity index (χ1v) is 5.04. The Morgan fingerprint density at radius 2 is 1.93 bits per heavy atom. The molecule has 0 amide bonds. The van der Waals surface area contributed by atoms with Crippen LogP contribution in [0.25, 0.3) is 11.0 Å². The summed E-state index contributed by atoms with van der Waals surface area (Å²) < 4.78 is 3.78. The van der Waals surface area contributed by atoms with Crippen LogP contribution in [0.2, 0.25) is 0 Å². The number of nitrogens with one attached hydrogen (secondary N) is 1. The maximum absolute atomic E-state index is 7.89. The molecule has 1 N–H and O–H groups in total. The molecular weight excluding hydrogens is 198 g/mol. The maximum atomic E-state index is 7.89. The van der Waals surface area contributed by atoms with Crippen molar-refractivity contribution in [3.8, 4) is 0 Å². The zero-order valence-electron chi connectivity index (χ0n) is 8.00. The molecule has 14 heavy (non-hydrogen) atoms. The lowest BCUT2D eigenvalue weighted by Gasteiger charge is -1.99. The summed E-state index contributed by atoms with van der Waals surface area (Å²) in [5, 5.41) is 7.89. The Hall–Kier alpha value is -1.22.